The van der Waals surface area contributed by atoms with Gasteiger partial charge in [0, 0.05) is 19.0 Å². The SMILES string of the molecule is CCc1nc(C(=O)NCCc2cc(F)cc(F)c2)n[nH]1. The number of hydrogen-bond acceptors (Lipinski definition) is 3. The first-order valence-electron chi connectivity index (χ1n) is 6.23. The number of nitrogens with zero attached hydrogens (tertiary/aromatic N) is 2. The molecule has 0 saturated carbocycles. The largest absolute Gasteiger partial charge is 0.349 e. The Balaban J connectivity index is 1.87. The van der Waals surface area contributed by atoms with E-state index in [0.717, 1.165) is 6.07 Å². The maximum absolute atomic E-state index is 13.0. The summed E-state index contributed by atoms with van der Waals surface area (Å²) in [7, 11) is 0. The van der Waals surface area contributed by atoms with Crippen LogP contribution in [0.5, 0.6) is 0 Å². The first-order valence-corrected chi connectivity index (χ1v) is 6.23. The van der Waals surface area contributed by atoms with E-state index in [0.29, 0.717) is 24.2 Å². The van der Waals surface area contributed by atoms with Crippen molar-refractivity contribution in [3.8, 4) is 0 Å². The highest BCUT2D eigenvalue weighted by atomic mass is 19.1. The van der Waals surface area contributed by atoms with Crippen LogP contribution >= 0.6 is 0 Å². The first kappa shape index (κ1) is 14.1. The highest BCUT2D eigenvalue weighted by molar-refractivity contribution is 5.90. The van der Waals surface area contributed by atoms with Crippen molar-refractivity contribution in [3.05, 3.63) is 47.0 Å². The van der Waals surface area contributed by atoms with Crippen LogP contribution in [0.25, 0.3) is 0 Å². The number of benzene rings is 1. The Hall–Kier alpha value is -2.31. The van der Waals surface area contributed by atoms with Gasteiger partial charge in [-0.25, -0.2) is 13.8 Å². The van der Waals surface area contributed by atoms with Gasteiger partial charge >= 0.3 is 0 Å². The lowest BCUT2D eigenvalue weighted by Gasteiger charge is -2.03. The summed E-state index contributed by atoms with van der Waals surface area (Å²) in [5.74, 6) is -0.992. The molecule has 2 aromatic rings. The van der Waals surface area contributed by atoms with Gasteiger partial charge in [0.25, 0.3) is 5.91 Å². The van der Waals surface area contributed by atoms with E-state index >= 15 is 0 Å². The van der Waals surface area contributed by atoms with Crippen LogP contribution in [0.1, 0.15) is 28.9 Å². The Labute approximate surface area is 114 Å². The van der Waals surface area contributed by atoms with Crippen LogP contribution in [0.4, 0.5) is 8.78 Å². The number of carbonyl (C=O) groups excluding carboxylic acids is 1. The summed E-state index contributed by atoms with van der Waals surface area (Å²) in [4.78, 5) is 15.7. The molecular weight excluding hydrogens is 266 g/mol. The fraction of sp³-hybridized carbons (Fsp3) is 0.308. The zero-order chi connectivity index (χ0) is 14.5. The number of H-pyrrole nitrogens is 1. The summed E-state index contributed by atoms with van der Waals surface area (Å²) in [5, 5.41) is 9.01. The van der Waals surface area contributed by atoms with E-state index in [1.165, 1.54) is 12.1 Å². The number of aryl methyl sites for hydroxylation is 1. The Kier molecular flexibility index (Phi) is 4.39. The van der Waals surface area contributed by atoms with Crippen molar-refractivity contribution in [2.75, 3.05) is 6.54 Å². The lowest BCUT2D eigenvalue weighted by atomic mass is 10.1. The number of aromatic amines is 1. The summed E-state index contributed by atoms with van der Waals surface area (Å²) in [6.45, 7) is 2.14. The van der Waals surface area contributed by atoms with Crippen LogP contribution in [-0.2, 0) is 12.8 Å². The van der Waals surface area contributed by atoms with Gasteiger partial charge in [0.1, 0.15) is 17.5 Å². The predicted molar refractivity (Wildman–Crippen MR) is 68.2 cm³/mol. The number of rotatable bonds is 5. The number of amides is 1. The lowest BCUT2D eigenvalue weighted by Crippen LogP contribution is -2.26. The number of halogens is 2. The molecule has 1 heterocycles. The number of nitrogens with one attached hydrogen (secondary N) is 2. The zero-order valence-electron chi connectivity index (χ0n) is 10.9. The second kappa shape index (κ2) is 6.23. The van der Waals surface area contributed by atoms with Crippen LogP contribution < -0.4 is 5.32 Å². The number of carbonyl (C=O) groups is 1. The summed E-state index contributed by atoms with van der Waals surface area (Å²) >= 11 is 0. The van der Waals surface area contributed by atoms with Gasteiger partial charge < -0.3 is 5.32 Å². The monoisotopic (exact) mass is 280 g/mol. The van der Waals surface area contributed by atoms with Crippen molar-refractivity contribution in [2.45, 2.75) is 19.8 Å². The molecule has 2 rings (SSSR count). The van der Waals surface area contributed by atoms with E-state index in [4.69, 9.17) is 0 Å². The molecule has 106 valence electrons. The Morgan fingerprint density at radius 1 is 1.30 bits per heavy atom. The zero-order valence-corrected chi connectivity index (χ0v) is 10.9. The fourth-order valence-corrected chi connectivity index (χ4v) is 1.71. The molecule has 20 heavy (non-hydrogen) atoms. The van der Waals surface area contributed by atoms with Crippen LogP contribution in [0.3, 0.4) is 0 Å². The predicted octanol–water partition coefficient (Wildman–Crippen LogP) is 1.62. The Morgan fingerprint density at radius 2 is 2.00 bits per heavy atom. The van der Waals surface area contributed by atoms with Crippen molar-refractivity contribution in [3.63, 3.8) is 0 Å². The molecule has 7 heteroatoms. The minimum absolute atomic E-state index is 0.0623. The van der Waals surface area contributed by atoms with Crippen LogP contribution in [0.2, 0.25) is 0 Å². The topological polar surface area (TPSA) is 70.7 Å². The van der Waals surface area contributed by atoms with Crippen molar-refractivity contribution in [1.29, 1.82) is 0 Å². The molecule has 0 radical (unpaired) electrons. The quantitative estimate of drug-likeness (QED) is 0.874. The summed E-state index contributed by atoms with van der Waals surface area (Å²) in [6, 6.07) is 3.27. The molecule has 0 saturated heterocycles. The second-order valence-electron chi connectivity index (χ2n) is 4.24. The van der Waals surface area contributed by atoms with E-state index in [-0.39, 0.29) is 12.4 Å². The molecule has 0 atom stereocenters. The summed E-state index contributed by atoms with van der Waals surface area (Å²) in [6.07, 6.45) is 0.980. The third-order valence-corrected chi connectivity index (χ3v) is 2.69. The summed E-state index contributed by atoms with van der Waals surface area (Å²) < 4.78 is 25.9. The standard InChI is InChI=1S/C13H14F2N4O/c1-2-11-17-12(19-18-11)13(20)16-4-3-8-5-9(14)7-10(15)6-8/h5-7H,2-4H2,1H3,(H,16,20)(H,17,18,19). The van der Waals surface area contributed by atoms with E-state index in [2.05, 4.69) is 20.5 Å². The molecule has 0 aliphatic rings. The molecule has 2 N–H and O–H groups in total. The highest BCUT2D eigenvalue weighted by Crippen LogP contribution is 2.08. The molecule has 0 aliphatic heterocycles. The second-order valence-corrected chi connectivity index (χ2v) is 4.24. The third-order valence-electron chi connectivity index (χ3n) is 2.69. The lowest BCUT2D eigenvalue weighted by molar-refractivity contribution is 0.0944. The van der Waals surface area contributed by atoms with Gasteiger partial charge in [0.15, 0.2) is 0 Å². The van der Waals surface area contributed by atoms with Gasteiger partial charge in [-0.05, 0) is 24.1 Å². The molecule has 0 fully saturated rings. The van der Waals surface area contributed by atoms with Gasteiger partial charge in [0.2, 0.25) is 5.82 Å². The van der Waals surface area contributed by atoms with E-state index < -0.39 is 17.5 Å². The molecule has 0 bridgehead atoms. The molecule has 0 unspecified atom stereocenters. The van der Waals surface area contributed by atoms with Gasteiger partial charge in [0.05, 0.1) is 0 Å². The van der Waals surface area contributed by atoms with E-state index in [1.807, 2.05) is 6.92 Å². The van der Waals surface area contributed by atoms with Gasteiger partial charge in [-0.2, -0.15) is 0 Å². The number of aromatic nitrogens is 3. The average molecular weight is 280 g/mol. The molecule has 0 spiro atoms. The van der Waals surface area contributed by atoms with E-state index in [1.54, 1.807) is 0 Å². The molecule has 5 nitrogen and oxygen atoms in total. The molecule has 1 aromatic carbocycles. The number of hydrogen-bond donors (Lipinski definition) is 2. The molecule has 1 aromatic heterocycles. The first-order chi connectivity index (χ1) is 9.58. The Bertz CT molecular complexity index is 592. The highest BCUT2D eigenvalue weighted by Gasteiger charge is 2.11. The van der Waals surface area contributed by atoms with E-state index in [9.17, 15) is 13.6 Å². The molecular formula is C13H14F2N4O. The van der Waals surface area contributed by atoms with Crippen LogP contribution in [0.15, 0.2) is 18.2 Å². The Morgan fingerprint density at radius 3 is 2.60 bits per heavy atom. The van der Waals surface area contributed by atoms with Gasteiger partial charge in [-0.3, -0.25) is 9.89 Å². The van der Waals surface area contributed by atoms with Gasteiger partial charge in [-0.1, -0.05) is 6.92 Å². The van der Waals surface area contributed by atoms with Crippen LogP contribution in [-0.4, -0.2) is 27.6 Å². The average Bonchev–Trinajstić information content (AvgIpc) is 2.86. The van der Waals surface area contributed by atoms with Crippen molar-refractivity contribution >= 4 is 5.91 Å². The molecule has 1 amide bonds. The van der Waals surface area contributed by atoms with Crippen molar-refractivity contribution in [1.82, 2.24) is 20.5 Å². The van der Waals surface area contributed by atoms with Crippen LogP contribution in [0, 0.1) is 11.6 Å². The third kappa shape index (κ3) is 3.59. The maximum Gasteiger partial charge on any atom is 0.290 e. The minimum atomic E-state index is -0.632. The molecule has 0 aliphatic carbocycles. The van der Waals surface area contributed by atoms with Crippen molar-refractivity contribution in [2.24, 2.45) is 0 Å². The normalized spacial score (nSPS) is 10.6. The maximum atomic E-state index is 13.0. The summed E-state index contributed by atoms with van der Waals surface area (Å²) in [5.41, 5.74) is 0.479. The minimum Gasteiger partial charge on any atom is -0.349 e. The van der Waals surface area contributed by atoms with Crippen molar-refractivity contribution < 1.29 is 13.6 Å². The van der Waals surface area contributed by atoms with Gasteiger partial charge in [-0.15, -0.1) is 5.10 Å². The fourth-order valence-electron chi connectivity index (χ4n) is 1.71. The smallest absolute Gasteiger partial charge is 0.290 e.